The lowest BCUT2D eigenvalue weighted by atomic mass is 9.86. The molecule has 1 aliphatic heterocycles. The van der Waals surface area contributed by atoms with Crippen molar-refractivity contribution in [2.45, 2.75) is 38.6 Å². The van der Waals surface area contributed by atoms with Crippen LogP contribution in [-0.2, 0) is 0 Å². The Morgan fingerprint density at radius 2 is 1.95 bits per heavy atom. The molecule has 37 heavy (non-hydrogen) atoms. The molecule has 2 atom stereocenters. The van der Waals surface area contributed by atoms with Crippen molar-refractivity contribution in [3.05, 3.63) is 89.0 Å². The Kier molecular flexibility index (Phi) is 7.37. The highest BCUT2D eigenvalue weighted by Crippen LogP contribution is 2.31. The Morgan fingerprint density at radius 3 is 2.73 bits per heavy atom. The van der Waals surface area contributed by atoms with Gasteiger partial charge in [-0.3, -0.25) is 9.89 Å². The molecule has 1 amide bonds. The summed E-state index contributed by atoms with van der Waals surface area (Å²) in [6.45, 7) is 6.02. The molecule has 5 rings (SSSR count). The second kappa shape index (κ2) is 11.0. The summed E-state index contributed by atoms with van der Waals surface area (Å²) in [5.74, 6) is 0.236. The van der Waals surface area contributed by atoms with Crippen LogP contribution in [0.2, 0.25) is 0 Å². The van der Waals surface area contributed by atoms with Gasteiger partial charge in [0.05, 0.1) is 11.2 Å². The number of carbonyl (C=O) groups is 1. The first kappa shape index (κ1) is 24.8. The molecule has 1 aromatic heterocycles. The predicted molar refractivity (Wildman–Crippen MR) is 153 cm³/mol. The van der Waals surface area contributed by atoms with Crippen LogP contribution in [0.3, 0.4) is 0 Å². The molecular weight excluding hydrogens is 458 g/mol. The van der Waals surface area contributed by atoms with E-state index in [1.807, 2.05) is 31.3 Å². The highest BCUT2D eigenvalue weighted by molar-refractivity contribution is 6.01. The molecule has 1 fully saturated rings. The summed E-state index contributed by atoms with van der Waals surface area (Å²) in [6.07, 6.45) is 4.21. The highest BCUT2D eigenvalue weighted by atomic mass is 16.1. The third kappa shape index (κ3) is 5.30. The van der Waals surface area contributed by atoms with Crippen molar-refractivity contribution < 1.29 is 4.79 Å². The SMILES string of the molecule is CCC(C)=Cc1cc(-c2n[nH]c3ccc(C(=O)NC4CNCCC4c4ccccc4)cc23)ccc1NC. The van der Waals surface area contributed by atoms with Gasteiger partial charge in [0, 0.05) is 47.8 Å². The second-order valence-electron chi connectivity index (χ2n) is 9.82. The summed E-state index contributed by atoms with van der Waals surface area (Å²) in [7, 11) is 1.94. The molecule has 4 aromatic rings. The van der Waals surface area contributed by atoms with Gasteiger partial charge in [0.1, 0.15) is 0 Å². The van der Waals surface area contributed by atoms with E-state index in [0.29, 0.717) is 11.5 Å². The van der Waals surface area contributed by atoms with Crippen LogP contribution >= 0.6 is 0 Å². The van der Waals surface area contributed by atoms with E-state index in [2.05, 4.69) is 88.5 Å². The molecule has 1 aliphatic rings. The van der Waals surface area contributed by atoms with Gasteiger partial charge in [-0.15, -0.1) is 0 Å². The van der Waals surface area contributed by atoms with Crippen molar-refractivity contribution in [1.29, 1.82) is 0 Å². The van der Waals surface area contributed by atoms with E-state index in [4.69, 9.17) is 0 Å². The van der Waals surface area contributed by atoms with Crippen molar-refractivity contribution in [2.24, 2.45) is 0 Å². The van der Waals surface area contributed by atoms with Crippen LogP contribution in [0.5, 0.6) is 0 Å². The minimum Gasteiger partial charge on any atom is -0.388 e. The van der Waals surface area contributed by atoms with Crippen molar-refractivity contribution >= 4 is 28.6 Å². The third-order valence-electron chi connectivity index (χ3n) is 7.41. The zero-order valence-electron chi connectivity index (χ0n) is 21.8. The van der Waals surface area contributed by atoms with Crippen molar-refractivity contribution in [3.8, 4) is 11.3 Å². The van der Waals surface area contributed by atoms with Crippen molar-refractivity contribution in [3.63, 3.8) is 0 Å². The van der Waals surface area contributed by atoms with Gasteiger partial charge in [0.25, 0.3) is 5.91 Å². The number of carbonyl (C=O) groups excluding carboxylic acids is 1. The molecule has 0 saturated carbocycles. The Balaban J connectivity index is 1.44. The summed E-state index contributed by atoms with van der Waals surface area (Å²) in [5.41, 5.74) is 8.19. The number of nitrogens with zero attached hydrogens (tertiary/aromatic N) is 1. The minimum absolute atomic E-state index is 0.0356. The zero-order valence-corrected chi connectivity index (χ0v) is 21.8. The molecule has 4 N–H and O–H groups in total. The molecule has 2 unspecified atom stereocenters. The Morgan fingerprint density at radius 1 is 1.11 bits per heavy atom. The maximum atomic E-state index is 13.4. The minimum atomic E-state index is -0.0589. The van der Waals surface area contributed by atoms with Gasteiger partial charge in [-0.1, -0.05) is 55.0 Å². The van der Waals surface area contributed by atoms with Gasteiger partial charge >= 0.3 is 0 Å². The fourth-order valence-electron chi connectivity index (χ4n) is 5.16. The van der Waals surface area contributed by atoms with E-state index in [-0.39, 0.29) is 11.9 Å². The number of H-pyrrole nitrogens is 1. The van der Waals surface area contributed by atoms with Crippen LogP contribution in [0.4, 0.5) is 5.69 Å². The van der Waals surface area contributed by atoms with Gasteiger partial charge in [0.2, 0.25) is 0 Å². The standard InChI is InChI=1S/C31H35N5O/c1-4-20(2)16-24-17-22(10-12-27(24)32-3)30-26-18-23(11-13-28(26)35-36-30)31(37)34-29-19-33-15-14-25(29)21-8-6-5-7-9-21/h5-13,16-18,25,29,32-33H,4,14-15,19H2,1-3H3,(H,34,37)(H,35,36). The fourth-order valence-corrected chi connectivity index (χ4v) is 5.16. The van der Waals surface area contributed by atoms with Crippen LogP contribution in [0.25, 0.3) is 28.2 Å². The maximum Gasteiger partial charge on any atom is 0.251 e. The van der Waals surface area contributed by atoms with Gasteiger partial charge in [-0.05, 0) is 67.8 Å². The zero-order chi connectivity index (χ0) is 25.8. The van der Waals surface area contributed by atoms with Crippen molar-refractivity contribution in [1.82, 2.24) is 20.8 Å². The van der Waals surface area contributed by atoms with Crippen LogP contribution in [-0.4, -0.2) is 42.3 Å². The molecular formula is C31H35N5O. The summed E-state index contributed by atoms with van der Waals surface area (Å²) < 4.78 is 0. The number of hydrogen-bond acceptors (Lipinski definition) is 4. The number of benzene rings is 3. The Labute approximate surface area is 218 Å². The number of allylic oxidation sites excluding steroid dienone is 1. The molecule has 1 saturated heterocycles. The largest absolute Gasteiger partial charge is 0.388 e. The van der Waals surface area contributed by atoms with Crippen molar-refractivity contribution in [2.75, 3.05) is 25.5 Å². The average Bonchev–Trinajstić information content (AvgIpc) is 3.37. The highest BCUT2D eigenvalue weighted by Gasteiger charge is 2.28. The monoisotopic (exact) mass is 493 g/mol. The van der Waals surface area contributed by atoms with E-state index >= 15 is 0 Å². The maximum absolute atomic E-state index is 13.4. The second-order valence-corrected chi connectivity index (χ2v) is 9.82. The molecule has 190 valence electrons. The number of hydrogen-bond donors (Lipinski definition) is 4. The number of piperidine rings is 1. The molecule has 0 bridgehead atoms. The van der Waals surface area contributed by atoms with Gasteiger partial charge < -0.3 is 16.0 Å². The quantitative estimate of drug-likeness (QED) is 0.256. The first-order chi connectivity index (χ1) is 18.1. The first-order valence-corrected chi connectivity index (χ1v) is 13.1. The number of nitrogens with one attached hydrogen (secondary N) is 4. The van der Waals surface area contributed by atoms with Gasteiger partial charge in [-0.2, -0.15) is 5.10 Å². The normalized spacial score (nSPS) is 18.1. The van der Waals surface area contributed by atoms with Gasteiger partial charge in [0.15, 0.2) is 0 Å². The summed E-state index contributed by atoms with van der Waals surface area (Å²) in [6, 6.07) is 22.6. The Hall–Kier alpha value is -3.90. The number of amides is 1. The number of rotatable bonds is 7. The number of fused-ring (bicyclic) bond motifs is 1. The Bertz CT molecular complexity index is 1420. The third-order valence-corrected chi connectivity index (χ3v) is 7.41. The molecule has 3 aromatic carbocycles. The lowest BCUT2D eigenvalue weighted by Gasteiger charge is -2.33. The van der Waals surface area contributed by atoms with E-state index in [9.17, 15) is 4.79 Å². The van der Waals surface area contributed by atoms with Gasteiger partial charge in [-0.25, -0.2) is 0 Å². The number of aromatic nitrogens is 2. The average molecular weight is 494 g/mol. The van der Waals surface area contributed by atoms with E-state index in [0.717, 1.165) is 59.3 Å². The fraction of sp³-hybridized carbons (Fsp3) is 0.290. The van der Waals surface area contributed by atoms with Crippen LogP contribution in [0, 0.1) is 0 Å². The van der Waals surface area contributed by atoms with E-state index < -0.39 is 0 Å². The van der Waals surface area contributed by atoms with E-state index in [1.54, 1.807) is 0 Å². The predicted octanol–water partition coefficient (Wildman–Crippen LogP) is 5.96. The summed E-state index contributed by atoms with van der Waals surface area (Å²) in [5, 5.41) is 18.7. The summed E-state index contributed by atoms with van der Waals surface area (Å²) in [4.78, 5) is 13.4. The summed E-state index contributed by atoms with van der Waals surface area (Å²) >= 11 is 0. The lowest BCUT2D eigenvalue weighted by Crippen LogP contribution is -2.50. The first-order valence-electron chi connectivity index (χ1n) is 13.1. The molecule has 2 heterocycles. The smallest absolute Gasteiger partial charge is 0.251 e. The van der Waals surface area contributed by atoms with Crippen LogP contribution in [0.1, 0.15) is 54.1 Å². The molecule has 0 spiro atoms. The lowest BCUT2D eigenvalue weighted by molar-refractivity contribution is 0.0924. The van der Waals surface area contributed by atoms with Crippen LogP contribution < -0.4 is 16.0 Å². The number of aromatic amines is 1. The molecule has 6 nitrogen and oxygen atoms in total. The number of anilines is 1. The van der Waals surface area contributed by atoms with E-state index in [1.165, 1.54) is 11.1 Å². The molecule has 0 radical (unpaired) electrons. The van der Waals surface area contributed by atoms with Crippen LogP contribution in [0.15, 0.2) is 72.3 Å². The topological polar surface area (TPSA) is 81.8 Å². The molecule has 6 heteroatoms. The molecule has 0 aliphatic carbocycles.